The van der Waals surface area contributed by atoms with Gasteiger partial charge in [0, 0.05) is 55.5 Å². The summed E-state index contributed by atoms with van der Waals surface area (Å²) in [7, 11) is 0.260. The predicted octanol–water partition coefficient (Wildman–Crippen LogP) is 7.05. The predicted molar refractivity (Wildman–Crippen MR) is 193 cm³/mol. The number of halogens is 1. The lowest BCUT2D eigenvalue weighted by Crippen LogP contribution is -2.49. The van der Waals surface area contributed by atoms with E-state index < -0.39 is 15.6 Å². The third-order valence-electron chi connectivity index (χ3n) is 11.6. The summed E-state index contributed by atoms with van der Waals surface area (Å²) in [6, 6.07) is 11.7. The largest absolute Gasteiger partial charge is 0.490 e. The molecule has 2 aromatic carbocycles. The van der Waals surface area contributed by atoms with Crippen LogP contribution < -0.4 is 9.64 Å². The molecule has 5 aliphatic rings. The monoisotopic (exact) mass is 708 g/mol. The second-order valence-electron chi connectivity index (χ2n) is 15.3. The Hall–Kier alpha value is -2.72. The first-order valence-electron chi connectivity index (χ1n) is 17.9. The summed E-state index contributed by atoms with van der Waals surface area (Å²) in [5, 5.41) is 0.751. The van der Waals surface area contributed by atoms with Crippen LogP contribution >= 0.6 is 11.6 Å². The van der Waals surface area contributed by atoms with Crippen LogP contribution in [0.1, 0.15) is 73.4 Å². The molecule has 0 N–H and O–H groups in total. The first-order valence-corrected chi connectivity index (χ1v) is 20.1. The van der Waals surface area contributed by atoms with Crippen LogP contribution in [0.3, 0.4) is 0 Å². The lowest BCUT2D eigenvalue weighted by Gasteiger charge is -2.46. The lowest BCUT2D eigenvalue weighted by molar-refractivity contribution is -0.117. The number of hydrogen-bond donors (Lipinski definition) is 0. The minimum Gasteiger partial charge on any atom is -0.490 e. The highest BCUT2D eigenvalue weighted by Gasteiger charge is 2.44. The number of allylic oxidation sites excluding steroid dienone is 1. The molecule has 2 bridgehead atoms. The molecular formula is C39H49ClN2O6S. The Morgan fingerprint density at radius 3 is 2.78 bits per heavy atom. The molecule has 264 valence electrons. The molecule has 8 atom stereocenters. The molecule has 3 aliphatic carbocycles. The van der Waals surface area contributed by atoms with E-state index in [1.165, 1.54) is 11.1 Å². The highest BCUT2D eigenvalue weighted by atomic mass is 35.5. The molecule has 0 radical (unpaired) electrons. The topological polar surface area (TPSA) is 94.5 Å². The van der Waals surface area contributed by atoms with E-state index in [0.29, 0.717) is 36.8 Å². The van der Waals surface area contributed by atoms with Gasteiger partial charge in [0.2, 0.25) is 0 Å². The Morgan fingerprint density at radius 2 is 2.02 bits per heavy atom. The molecule has 2 aliphatic heterocycles. The van der Waals surface area contributed by atoms with Crippen LogP contribution in [0.15, 0.2) is 52.9 Å². The van der Waals surface area contributed by atoms with E-state index in [0.717, 1.165) is 68.1 Å². The Labute approximate surface area is 296 Å². The van der Waals surface area contributed by atoms with Gasteiger partial charge in [0.15, 0.2) is 0 Å². The van der Waals surface area contributed by atoms with Gasteiger partial charge in [-0.25, -0.2) is 4.21 Å². The summed E-state index contributed by atoms with van der Waals surface area (Å²) in [5.41, 5.74) is 3.55. The van der Waals surface area contributed by atoms with Crippen molar-refractivity contribution < 1.29 is 28.0 Å². The fourth-order valence-electron chi connectivity index (χ4n) is 8.80. The average Bonchev–Trinajstić information content (AvgIpc) is 3.83. The summed E-state index contributed by atoms with van der Waals surface area (Å²) in [4.78, 5) is 29.6. The standard InChI is InChI=1S/C39H49ClN2O6S/c1-25-6-4-8-35(46-2)32-12-9-28(32)20-42-23-39(15-5-7-26-16-30(40)11-13-33(26)39)24-48-36-14-10-27(18-34(36)42)38(44)41-49(45,21-25)22-31(43)17-29-19-37(29)47-3/h4,8,10-11,13-14,16,18,25,28-29,32,35,37H,5-7,9,12,15,17,19-24H2,1-3H3/b8-4+/t25-,28-,29-,32+,35-,37-,39-,49+/m0/s1. The number of nitrogens with zero attached hydrogens (tertiary/aromatic N) is 2. The van der Waals surface area contributed by atoms with Crippen molar-refractivity contribution in [2.24, 2.45) is 28.0 Å². The highest BCUT2D eigenvalue weighted by molar-refractivity contribution is 7.94. The molecule has 8 nitrogen and oxygen atoms in total. The SMILES string of the molecule is CO[C@H]1/C=C/C[C@H](C)C[S@@](=O)(CC(=O)C[C@H]2C[C@@H]2OC)=NC(=O)c2ccc3c(c2)N(C[C@@H]2CC[C@H]21)C[C@@]1(CCCc2cc(Cl)ccc21)CO3. The molecule has 7 rings (SSSR count). The number of Topliss-reactive ketones (excluding diaryl/α,β-unsaturated/α-hetero) is 1. The van der Waals surface area contributed by atoms with Crippen LogP contribution in [0.25, 0.3) is 0 Å². The number of amides is 1. The van der Waals surface area contributed by atoms with E-state index in [-0.39, 0.29) is 46.7 Å². The molecule has 2 fully saturated rings. The number of anilines is 1. The van der Waals surface area contributed by atoms with Crippen molar-refractivity contribution in [1.29, 1.82) is 0 Å². The fraction of sp³-hybridized carbons (Fsp3) is 0.590. The second-order valence-corrected chi connectivity index (χ2v) is 18.0. The van der Waals surface area contributed by atoms with Crippen molar-refractivity contribution in [3.05, 3.63) is 70.3 Å². The van der Waals surface area contributed by atoms with Crippen LogP contribution in [0, 0.1) is 23.7 Å². The van der Waals surface area contributed by atoms with Gasteiger partial charge in [0.05, 0.1) is 40.0 Å². The lowest BCUT2D eigenvalue weighted by atomic mass is 9.68. The van der Waals surface area contributed by atoms with E-state index >= 15 is 0 Å². The summed E-state index contributed by atoms with van der Waals surface area (Å²) >= 11 is 6.45. The Bertz CT molecular complexity index is 1750. The number of rotatable bonds is 6. The van der Waals surface area contributed by atoms with Crippen LogP contribution in [0.2, 0.25) is 5.02 Å². The number of carbonyl (C=O) groups excluding carboxylic acids is 2. The first kappa shape index (κ1) is 34.7. The Kier molecular flexibility index (Phi) is 10.0. The summed E-state index contributed by atoms with van der Waals surface area (Å²) in [6.45, 7) is 4.09. The number of aryl methyl sites for hydroxylation is 1. The zero-order valence-corrected chi connectivity index (χ0v) is 30.5. The molecule has 2 aromatic rings. The second kappa shape index (κ2) is 14.1. The Morgan fingerprint density at radius 1 is 1.16 bits per heavy atom. The maximum Gasteiger partial charge on any atom is 0.285 e. The van der Waals surface area contributed by atoms with Crippen LogP contribution in [0.5, 0.6) is 5.75 Å². The third kappa shape index (κ3) is 7.37. The molecule has 1 spiro atoms. The number of carbonyl (C=O) groups is 2. The minimum atomic E-state index is -3.17. The highest BCUT2D eigenvalue weighted by Crippen LogP contribution is 2.47. The van der Waals surface area contributed by atoms with Gasteiger partial charge in [0.25, 0.3) is 5.91 Å². The van der Waals surface area contributed by atoms with Crippen molar-refractivity contribution >= 4 is 38.7 Å². The van der Waals surface area contributed by atoms with Gasteiger partial charge >= 0.3 is 0 Å². The zero-order chi connectivity index (χ0) is 34.3. The quantitative estimate of drug-likeness (QED) is 0.297. The van der Waals surface area contributed by atoms with Crippen molar-refractivity contribution in [3.63, 3.8) is 0 Å². The maximum absolute atomic E-state index is 14.5. The molecule has 10 heteroatoms. The first-order chi connectivity index (χ1) is 23.6. The number of hydrogen-bond acceptors (Lipinski definition) is 7. The number of ketones is 1. The molecule has 0 aromatic heterocycles. The van der Waals surface area contributed by atoms with Gasteiger partial charge in [-0.15, -0.1) is 0 Å². The van der Waals surface area contributed by atoms with Gasteiger partial charge in [-0.1, -0.05) is 36.7 Å². The minimum absolute atomic E-state index is 0.0242. The smallest absolute Gasteiger partial charge is 0.285 e. The molecular weight excluding hydrogens is 660 g/mol. The summed E-state index contributed by atoms with van der Waals surface area (Å²) < 4.78 is 37.0. The molecule has 2 heterocycles. The van der Waals surface area contributed by atoms with E-state index in [4.69, 9.17) is 25.8 Å². The average molecular weight is 709 g/mol. The van der Waals surface area contributed by atoms with E-state index in [9.17, 15) is 13.8 Å². The summed E-state index contributed by atoms with van der Waals surface area (Å²) in [6.07, 6.45) is 11.4. The number of ether oxygens (including phenoxy) is 3. The Balaban J connectivity index is 1.27. The van der Waals surface area contributed by atoms with Crippen molar-refractivity contribution in [3.8, 4) is 5.75 Å². The van der Waals surface area contributed by atoms with Crippen molar-refractivity contribution in [2.45, 2.75) is 75.9 Å². The molecule has 0 saturated heterocycles. The molecule has 49 heavy (non-hydrogen) atoms. The molecule has 1 amide bonds. The van der Waals surface area contributed by atoms with Crippen molar-refractivity contribution in [1.82, 2.24) is 0 Å². The molecule has 0 unspecified atom stereocenters. The van der Waals surface area contributed by atoms with Gasteiger partial charge < -0.3 is 19.1 Å². The normalized spacial score (nSPS) is 34.8. The summed E-state index contributed by atoms with van der Waals surface area (Å²) in [5.74, 6) is 0.892. The van der Waals surface area contributed by atoms with Gasteiger partial charge in [-0.3, -0.25) is 9.59 Å². The van der Waals surface area contributed by atoms with Gasteiger partial charge in [0.1, 0.15) is 11.5 Å². The fourth-order valence-corrected chi connectivity index (χ4v) is 11.3. The van der Waals surface area contributed by atoms with E-state index in [1.807, 2.05) is 25.1 Å². The van der Waals surface area contributed by atoms with Crippen LogP contribution in [0.4, 0.5) is 5.69 Å². The van der Waals surface area contributed by atoms with Crippen molar-refractivity contribution in [2.75, 3.05) is 50.3 Å². The van der Waals surface area contributed by atoms with E-state index in [2.05, 4.69) is 33.5 Å². The third-order valence-corrected chi connectivity index (χ3v) is 14.2. The number of methoxy groups -OCH3 is 2. The van der Waals surface area contributed by atoms with Gasteiger partial charge in [-0.05, 0) is 110 Å². The number of benzene rings is 2. The van der Waals surface area contributed by atoms with E-state index in [1.54, 1.807) is 20.3 Å². The van der Waals surface area contributed by atoms with Crippen LogP contribution in [-0.2, 0) is 35.8 Å². The van der Waals surface area contributed by atoms with Gasteiger partial charge in [-0.2, -0.15) is 4.36 Å². The number of fused-ring (bicyclic) bond motifs is 4. The van der Waals surface area contributed by atoms with Crippen LogP contribution in [-0.4, -0.2) is 73.5 Å². The zero-order valence-electron chi connectivity index (χ0n) is 28.9. The molecule has 2 saturated carbocycles. The maximum atomic E-state index is 14.5.